The molecule has 18 heavy (non-hydrogen) atoms. The Labute approximate surface area is 105 Å². The Bertz CT molecular complexity index is 531. The van der Waals surface area contributed by atoms with E-state index in [1.165, 1.54) is 0 Å². The van der Waals surface area contributed by atoms with E-state index in [0.717, 1.165) is 5.82 Å². The zero-order chi connectivity index (χ0) is 13.0. The summed E-state index contributed by atoms with van der Waals surface area (Å²) in [6, 6.07) is 7.13. The van der Waals surface area contributed by atoms with Crippen molar-refractivity contribution in [2.24, 2.45) is 7.05 Å². The number of hydrogen-bond donors (Lipinski definition) is 0. The van der Waals surface area contributed by atoms with Crippen LogP contribution in [0.25, 0.3) is 0 Å². The smallest absolute Gasteiger partial charge is 0.170 e. The lowest BCUT2D eigenvalue weighted by Gasteiger charge is -2.06. The fourth-order valence-corrected chi connectivity index (χ4v) is 1.53. The molecule has 1 aromatic carbocycles. The minimum Gasteiger partial charge on any atom is -0.486 e. The van der Waals surface area contributed by atoms with Gasteiger partial charge in [0.2, 0.25) is 0 Å². The van der Waals surface area contributed by atoms with Crippen LogP contribution in [-0.2, 0) is 13.7 Å². The summed E-state index contributed by atoms with van der Waals surface area (Å²) < 4.78 is 7.37. The third kappa shape index (κ3) is 2.74. The Kier molecular flexibility index (Phi) is 3.72. The highest BCUT2D eigenvalue weighted by atomic mass is 16.5. The molecule has 1 heterocycles. The van der Waals surface area contributed by atoms with Crippen LogP contribution < -0.4 is 4.74 Å². The van der Waals surface area contributed by atoms with E-state index < -0.39 is 0 Å². The molecule has 0 radical (unpaired) electrons. The van der Waals surface area contributed by atoms with E-state index in [4.69, 9.17) is 4.74 Å². The number of carbonyl (C=O) groups is 1. The zero-order valence-corrected chi connectivity index (χ0v) is 10.5. The van der Waals surface area contributed by atoms with Gasteiger partial charge in [0.15, 0.2) is 11.6 Å². The molecule has 0 fully saturated rings. The van der Waals surface area contributed by atoms with Crippen molar-refractivity contribution in [1.82, 2.24) is 14.8 Å². The third-order valence-corrected chi connectivity index (χ3v) is 2.67. The molecule has 2 rings (SSSR count). The molecular formula is C13H15N3O2. The van der Waals surface area contributed by atoms with Crippen LogP contribution in [0.15, 0.2) is 30.6 Å². The van der Waals surface area contributed by atoms with E-state index >= 15 is 0 Å². The maximum atomic E-state index is 11.5. The van der Waals surface area contributed by atoms with Gasteiger partial charge in [-0.15, -0.1) is 10.2 Å². The van der Waals surface area contributed by atoms with Crippen molar-refractivity contribution in [3.63, 3.8) is 0 Å². The van der Waals surface area contributed by atoms with Gasteiger partial charge in [-0.3, -0.25) is 4.79 Å². The number of carbonyl (C=O) groups excluding carboxylic acids is 1. The number of ketones is 1. The molecule has 0 bridgehead atoms. The molecule has 94 valence electrons. The van der Waals surface area contributed by atoms with Crippen LogP contribution in [0.4, 0.5) is 0 Å². The minimum absolute atomic E-state index is 0.134. The molecule has 2 aromatic rings. The molecule has 0 saturated heterocycles. The second-order valence-corrected chi connectivity index (χ2v) is 3.95. The van der Waals surface area contributed by atoms with Crippen molar-refractivity contribution in [3.05, 3.63) is 42.0 Å². The standard InChI is InChI=1S/C13H15N3O2/c1-3-12(17)10-4-6-11(7-5-10)18-8-13-15-14-9-16(13)2/h4-7,9H,3,8H2,1-2H3. The summed E-state index contributed by atoms with van der Waals surface area (Å²) in [5.41, 5.74) is 0.712. The van der Waals surface area contributed by atoms with E-state index in [9.17, 15) is 4.79 Å². The summed E-state index contributed by atoms with van der Waals surface area (Å²) in [6.07, 6.45) is 2.14. The highest BCUT2D eigenvalue weighted by molar-refractivity contribution is 5.95. The molecule has 0 unspecified atom stereocenters. The SMILES string of the molecule is CCC(=O)c1ccc(OCc2nncn2C)cc1. The van der Waals surface area contributed by atoms with Gasteiger partial charge in [-0.25, -0.2) is 0 Å². The monoisotopic (exact) mass is 245 g/mol. The average Bonchev–Trinajstić information content (AvgIpc) is 2.81. The quantitative estimate of drug-likeness (QED) is 0.756. The predicted molar refractivity (Wildman–Crippen MR) is 66.4 cm³/mol. The van der Waals surface area contributed by atoms with E-state index in [1.807, 2.05) is 14.0 Å². The Hall–Kier alpha value is -2.17. The van der Waals surface area contributed by atoms with Crippen LogP contribution in [0.2, 0.25) is 0 Å². The molecule has 0 saturated carbocycles. The van der Waals surface area contributed by atoms with Crippen LogP contribution in [0.5, 0.6) is 5.75 Å². The first-order valence-corrected chi connectivity index (χ1v) is 5.79. The zero-order valence-electron chi connectivity index (χ0n) is 10.5. The molecule has 0 spiro atoms. The normalized spacial score (nSPS) is 10.3. The van der Waals surface area contributed by atoms with E-state index in [-0.39, 0.29) is 5.78 Å². The van der Waals surface area contributed by atoms with Crippen LogP contribution in [-0.4, -0.2) is 20.5 Å². The number of aromatic nitrogens is 3. The third-order valence-electron chi connectivity index (χ3n) is 2.67. The molecule has 5 nitrogen and oxygen atoms in total. The number of rotatable bonds is 5. The lowest BCUT2D eigenvalue weighted by atomic mass is 10.1. The highest BCUT2D eigenvalue weighted by Crippen LogP contribution is 2.14. The topological polar surface area (TPSA) is 57.0 Å². The molecule has 0 aliphatic heterocycles. The van der Waals surface area contributed by atoms with Crippen molar-refractivity contribution in [2.75, 3.05) is 0 Å². The van der Waals surface area contributed by atoms with Gasteiger partial charge in [-0.1, -0.05) is 6.92 Å². The number of ether oxygens (including phenoxy) is 1. The first-order valence-electron chi connectivity index (χ1n) is 5.79. The van der Waals surface area contributed by atoms with Gasteiger partial charge < -0.3 is 9.30 Å². The molecular weight excluding hydrogens is 230 g/mol. The average molecular weight is 245 g/mol. The first-order chi connectivity index (χ1) is 8.70. The number of benzene rings is 1. The summed E-state index contributed by atoms with van der Waals surface area (Å²) in [5.74, 6) is 1.60. The van der Waals surface area contributed by atoms with Crippen LogP contribution >= 0.6 is 0 Å². The van der Waals surface area contributed by atoms with Crippen molar-refractivity contribution >= 4 is 5.78 Å². The Balaban J connectivity index is 1.98. The Morgan fingerprint density at radius 1 is 1.33 bits per heavy atom. The highest BCUT2D eigenvalue weighted by Gasteiger charge is 2.04. The summed E-state index contributed by atoms with van der Waals surface area (Å²) >= 11 is 0. The molecule has 0 amide bonds. The molecule has 0 aliphatic carbocycles. The summed E-state index contributed by atoms with van der Waals surface area (Å²) in [4.78, 5) is 11.5. The number of Topliss-reactive ketones (excluding diaryl/α,β-unsaturated/α-hetero) is 1. The van der Waals surface area contributed by atoms with Gasteiger partial charge in [0.05, 0.1) is 0 Å². The number of hydrogen-bond acceptors (Lipinski definition) is 4. The van der Waals surface area contributed by atoms with Gasteiger partial charge in [-0.05, 0) is 24.3 Å². The van der Waals surface area contributed by atoms with E-state index in [1.54, 1.807) is 35.2 Å². The molecule has 5 heteroatoms. The van der Waals surface area contributed by atoms with E-state index in [0.29, 0.717) is 24.3 Å². The molecule has 1 aromatic heterocycles. The van der Waals surface area contributed by atoms with Crippen molar-refractivity contribution < 1.29 is 9.53 Å². The van der Waals surface area contributed by atoms with Crippen molar-refractivity contribution in [3.8, 4) is 5.75 Å². The fraction of sp³-hybridized carbons (Fsp3) is 0.308. The van der Waals surface area contributed by atoms with Crippen LogP contribution in [0, 0.1) is 0 Å². The van der Waals surface area contributed by atoms with E-state index in [2.05, 4.69) is 10.2 Å². The molecule has 0 aliphatic rings. The Morgan fingerprint density at radius 2 is 2.06 bits per heavy atom. The molecule has 0 atom stereocenters. The van der Waals surface area contributed by atoms with Gasteiger partial charge in [0.1, 0.15) is 18.7 Å². The fourth-order valence-electron chi connectivity index (χ4n) is 1.53. The lowest BCUT2D eigenvalue weighted by molar-refractivity contribution is 0.0988. The first kappa shape index (κ1) is 12.3. The van der Waals surface area contributed by atoms with Crippen LogP contribution in [0.3, 0.4) is 0 Å². The lowest BCUT2D eigenvalue weighted by Crippen LogP contribution is -2.03. The van der Waals surface area contributed by atoms with Crippen molar-refractivity contribution in [1.29, 1.82) is 0 Å². The second-order valence-electron chi connectivity index (χ2n) is 3.95. The second kappa shape index (κ2) is 5.44. The van der Waals surface area contributed by atoms with Gasteiger partial charge >= 0.3 is 0 Å². The maximum absolute atomic E-state index is 11.5. The van der Waals surface area contributed by atoms with Gasteiger partial charge in [-0.2, -0.15) is 0 Å². The largest absolute Gasteiger partial charge is 0.486 e. The number of aryl methyl sites for hydroxylation is 1. The predicted octanol–water partition coefficient (Wildman–Crippen LogP) is 1.99. The summed E-state index contributed by atoms with van der Waals surface area (Å²) in [6.45, 7) is 2.21. The minimum atomic E-state index is 0.134. The Morgan fingerprint density at radius 3 is 2.61 bits per heavy atom. The summed E-state index contributed by atoms with van der Waals surface area (Å²) in [7, 11) is 1.86. The van der Waals surface area contributed by atoms with Gasteiger partial charge in [0.25, 0.3) is 0 Å². The van der Waals surface area contributed by atoms with Crippen molar-refractivity contribution in [2.45, 2.75) is 20.0 Å². The summed E-state index contributed by atoms with van der Waals surface area (Å²) in [5, 5.41) is 7.69. The van der Waals surface area contributed by atoms with Crippen LogP contribution in [0.1, 0.15) is 29.5 Å². The number of nitrogens with zero attached hydrogens (tertiary/aromatic N) is 3. The maximum Gasteiger partial charge on any atom is 0.170 e. The molecule has 0 N–H and O–H groups in total. The van der Waals surface area contributed by atoms with Gasteiger partial charge in [0, 0.05) is 19.0 Å².